The minimum absolute atomic E-state index is 0.528. The molecule has 0 fully saturated rings. The van der Waals surface area contributed by atoms with Crippen LogP contribution in [0.2, 0.25) is 0 Å². The molecule has 0 aromatic heterocycles. The van der Waals surface area contributed by atoms with E-state index in [0.717, 1.165) is 7.11 Å². The van der Waals surface area contributed by atoms with Gasteiger partial charge in [-0.25, -0.2) is 4.79 Å². The fraction of sp³-hybridized carbons (Fsp3) is 0.857. The van der Waals surface area contributed by atoms with Crippen LogP contribution < -0.4 is 0 Å². The molecular formula is C7H11F3O3. The predicted octanol–water partition coefficient (Wildman–Crippen LogP) is 1.52. The number of ether oxygens (including phenoxy) is 2. The zero-order valence-corrected chi connectivity index (χ0v) is 7.35. The summed E-state index contributed by atoms with van der Waals surface area (Å²) >= 11 is 0. The van der Waals surface area contributed by atoms with Gasteiger partial charge in [-0.15, -0.1) is 0 Å². The maximum Gasteiger partial charge on any atom is 0.391 e. The molecule has 0 saturated carbocycles. The van der Waals surface area contributed by atoms with Gasteiger partial charge in [-0.3, -0.25) is 0 Å². The van der Waals surface area contributed by atoms with Crippen molar-refractivity contribution in [3.05, 3.63) is 0 Å². The Morgan fingerprint density at radius 2 is 2.00 bits per heavy atom. The highest BCUT2D eigenvalue weighted by atomic mass is 19.4. The summed E-state index contributed by atoms with van der Waals surface area (Å²) in [6.45, 7) is 0.808. The van der Waals surface area contributed by atoms with Gasteiger partial charge < -0.3 is 9.47 Å². The van der Waals surface area contributed by atoms with Gasteiger partial charge in [0.1, 0.15) is 0 Å². The Kier molecular flexibility index (Phi) is 4.76. The first-order valence-electron chi connectivity index (χ1n) is 3.63. The van der Waals surface area contributed by atoms with Gasteiger partial charge >= 0.3 is 12.1 Å². The van der Waals surface area contributed by atoms with Crippen molar-refractivity contribution < 1.29 is 27.4 Å². The Labute approximate surface area is 73.8 Å². The van der Waals surface area contributed by atoms with E-state index < -0.39 is 31.3 Å². The Morgan fingerprint density at radius 3 is 2.38 bits per heavy atom. The minimum atomic E-state index is -4.25. The molecule has 0 aliphatic rings. The second kappa shape index (κ2) is 5.06. The Hall–Kier alpha value is -0.780. The molecule has 3 nitrogen and oxygen atoms in total. The van der Waals surface area contributed by atoms with Crippen molar-refractivity contribution in [3.63, 3.8) is 0 Å². The highest BCUT2D eigenvalue weighted by Crippen LogP contribution is 2.19. The van der Waals surface area contributed by atoms with Crippen LogP contribution in [-0.2, 0) is 14.3 Å². The molecule has 0 rings (SSSR count). The molecule has 0 N–H and O–H groups in total. The largest absolute Gasteiger partial charge is 0.467 e. The van der Waals surface area contributed by atoms with Crippen LogP contribution in [0.4, 0.5) is 13.2 Å². The van der Waals surface area contributed by atoms with Crippen molar-refractivity contribution in [3.8, 4) is 0 Å². The van der Waals surface area contributed by atoms with E-state index in [9.17, 15) is 18.0 Å². The summed E-state index contributed by atoms with van der Waals surface area (Å²) in [6.07, 6.45) is -6.27. The van der Waals surface area contributed by atoms with Crippen LogP contribution in [-0.4, -0.2) is 32.0 Å². The van der Waals surface area contributed by atoms with Gasteiger partial charge in [-0.05, 0) is 6.92 Å². The number of halogens is 3. The Balaban J connectivity index is 3.59. The maximum atomic E-state index is 11.6. The molecule has 0 radical (unpaired) electrons. The molecule has 13 heavy (non-hydrogen) atoms. The number of carbonyl (C=O) groups excluding carboxylic acids is 1. The van der Waals surface area contributed by atoms with Gasteiger partial charge in [0.25, 0.3) is 0 Å². The molecule has 78 valence electrons. The molecule has 1 atom stereocenters. The van der Waals surface area contributed by atoms with E-state index in [1.54, 1.807) is 0 Å². The molecule has 0 aliphatic carbocycles. The molecule has 0 saturated heterocycles. The number of methoxy groups -OCH3 is 1. The normalized spacial score (nSPS) is 13.9. The van der Waals surface area contributed by atoms with E-state index in [2.05, 4.69) is 9.47 Å². The monoisotopic (exact) mass is 200 g/mol. The highest BCUT2D eigenvalue weighted by Gasteiger charge is 2.27. The van der Waals surface area contributed by atoms with Crippen molar-refractivity contribution in [2.75, 3.05) is 13.7 Å². The molecule has 0 aromatic rings. The van der Waals surface area contributed by atoms with Crippen molar-refractivity contribution in [2.24, 2.45) is 0 Å². The van der Waals surface area contributed by atoms with Crippen LogP contribution in [0.3, 0.4) is 0 Å². The van der Waals surface area contributed by atoms with E-state index in [1.807, 2.05) is 0 Å². The summed E-state index contributed by atoms with van der Waals surface area (Å²) in [4.78, 5) is 10.6. The van der Waals surface area contributed by atoms with E-state index in [-0.39, 0.29) is 0 Å². The van der Waals surface area contributed by atoms with Gasteiger partial charge in [0.2, 0.25) is 0 Å². The molecule has 0 aliphatic heterocycles. The van der Waals surface area contributed by atoms with E-state index in [4.69, 9.17) is 0 Å². The molecule has 6 heteroatoms. The van der Waals surface area contributed by atoms with Crippen LogP contribution >= 0.6 is 0 Å². The fourth-order valence-corrected chi connectivity index (χ4v) is 0.585. The van der Waals surface area contributed by atoms with Gasteiger partial charge in [0.15, 0.2) is 6.10 Å². The second-order valence-corrected chi connectivity index (χ2v) is 2.40. The van der Waals surface area contributed by atoms with Crippen LogP contribution in [0.25, 0.3) is 0 Å². The second-order valence-electron chi connectivity index (χ2n) is 2.40. The topological polar surface area (TPSA) is 35.5 Å². The van der Waals surface area contributed by atoms with Gasteiger partial charge in [-0.1, -0.05) is 0 Å². The fourth-order valence-electron chi connectivity index (χ4n) is 0.585. The first-order valence-corrected chi connectivity index (χ1v) is 3.63. The van der Waals surface area contributed by atoms with E-state index in [1.165, 1.54) is 6.92 Å². The molecule has 0 heterocycles. The van der Waals surface area contributed by atoms with Gasteiger partial charge in [0.05, 0.1) is 20.1 Å². The number of esters is 1. The smallest absolute Gasteiger partial charge is 0.391 e. The van der Waals surface area contributed by atoms with Crippen molar-refractivity contribution in [1.29, 1.82) is 0 Å². The average molecular weight is 200 g/mol. The zero-order valence-electron chi connectivity index (χ0n) is 7.35. The number of hydrogen-bond acceptors (Lipinski definition) is 3. The van der Waals surface area contributed by atoms with Crippen LogP contribution in [0, 0.1) is 0 Å². The summed E-state index contributed by atoms with van der Waals surface area (Å²) in [7, 11) is 1.14. The maximum absolute atomic E-state index is 11.6. The molecule has 0 aromatic carbocycles. The van der Waals surface area contributed by atoms with Gasteiger partial charge in [-0.2, -0.15) is 13.2 Å². The molecular weight excluding hydrogens is 189 g/mol. The number of hydrogen-bond donors (Lipinski definition) is 0. The van der Waals surface area contributed by atoms with Crippen molar-refractivity contribution >= 4 is 5.97 Å². The van der Waals surface area contributed by atoms with Crippen molar-refractivity contribution in [2.45, 2.75) is 25.6 Å². The summed E-state index contributed by atoms with van der Waals surface area (Å²) in [6, 6.07) is 0. The van der Waals surface area contributed by atoms with Crippen LogP contribution in [0.15, 0.2) is 0 Å². The lowest BCUT2D eigenvalue weighted by Crippen LogP contribution is -2.24. The predicted molar refractivity (Wildman–Crippen MR) is 38.1 cm³/mol. The van der Waals surface area contributed by atoms with Crippen LogP contribution in [0.5, 0.6) is 0 Å². The average Bonchev–Trinajstić information content (AvgIpc) is 2.00. The lowest BCUT2D eigenvalue weighted by Gasteiger charge is -2.11. The van der Waals surface area contributed by atoms with Crippen LogP contribution in [0.1, 0.15) is 13.3 Å². The standard InChI is InChI=1S/C7H11F3O3/c1-5(6(11)12-2)13-4-3-7(8,9)10/h5H,3-4H2,1-2H3. The highest BCUT2D eigenvalue weighted by molar-refractivity contribution is 5.73. The molecule has 1 unspecified atom stereocenters. The Morgan fingerprint density at radius 1 is 1.46 bits per heavy atom. The SMILES string of the molecule is COC(=O)C(C)OCCC(F)(F)F. The number of rotatable bonds is 4. The summed E-state index contributed by atoms with van der Waals surface area (Å²) in [5.74, 6) is -0.679. The first-order chi connectivity index (χ1) is 5.87. The molecule has 0 spiro atoms. The third kappa shape index (κ3) is 6.39. The summed E-state index contributed by atoms with van der Waals surface area (Å²) < 4.78 is 43.6. The molecule has 0 amide bonds. The summed E-state index contributed by atoms with van der Waals surface area (Å²) in [5, 5.41) is 0. The third-order valence-corrected chi connectivity index (χ3v) is 1.29. The zero-order chi connectivity index (χ0) is 10.5. The minimum Gasteiger partial charge on any atom is -0.467 e. The summed E-state index contributed by atoms with van der Waals surface area (Å²) in [5.41, 5.74) is 0. The first kappa shape index (κ1) is 12.2. The quantitative estimate of drug-likeness (QED) is 0.645. The van der Waals surface area contributed by atoms with E-state index >= 15 is 0 Å². The van der Waals surface area contributed by atoms with E-state index in [0.29, 0.717) is 0 Å². The Bertz CT molecular complexity index is 167. The number of alkyl halides is 3. The molecule has 0 bridgehead atoms. The number of carbonyl (C=O) groups is 1. The third-order valence-electron chi connectivity index (χ3n) is 1.29. The lowest BCUT2D eigenvalue weighted by atomic mass is 10.4. The van der Waals surface area contributed by atoms with Gasteiger partial charge in [0, 0.05) is 0 Å². The lowest BCUT2D eigenvalue weighted by molar-refractivity contribution is -0.164. The van der Waals surface area contributed by atoms with Crippen molar-refractivity contribution in [1.82, 2.24) is 0 Å².